The molecule has 1 aromatic heterocycles. The number of rotatable bonds is 5. The van der Waals surface area contributed by atoms with Crippen LogP contribution in [-0.4, -0.2) is 23.2 Å². The molecule has 0 aliphatic heterocycles. The summed E-state index contributed by atoms with van der Waals surface area (Å²) in [6.07, 6.45) is 5.20. The average molecular weight is 273 g/mol. The van der Waals surface area contributed by atoms with Crippen molar-refractivity contribution in [2.45, 2.75) is 19.8 Å². The number of aromatic nitrogens is 1. The highest BCUT2D eigenvalue weighted by atomic mass is 79.9. The van der Waals surface area contributed by atoms with Crippen LogP contribution in [0, 0.1) is 5.41 Å². The monoisotopic (exact) mass is 272 g/mol. The maximum Gasteiger partial charge on any atom is 0.0502 e. The SMILES string of the molecule is CCC(CN)(CO)Cc1cncc(Br)c1. The highest BCUT2D eigenvalue weighted by Crippen LogP contribution is 2.26. The van der Waals surface area contributed by atoms with E-state index in [2.05, 4.69) is 27.8 Å². The summed E-state index contributed by atoms with van der Waals surface area (Å²) in [5.74, 6) is 0. The lowest BCUT2D eigenvalue weighted by Gasteiger charge is -2.29. The topological polar surface area (TPSA) is 59.1 Å². The van der Waals surface area contributed by atoms with Gasteiger partial charge in [-0.2, -0.15) is 0 Å². The van der Waals surface area contributed by atoms with E-state index in [1.54, 1.807) is 6.20 Å². The van der Waals surface area contributed by atoms with Crippen molar-refractivity contribution in [2.75, 3.05) is 13.2 Å². The van der Waals surface area contributed by atoms with Crippen LogP contribution >= 0.6 is 15.9 Å². The number of hydrogen-bond donors (Lipinski definition) is 2. The molecule has 0 aromatic carbocycles. The average Bonchev–Trinajstić information content (AvgIpc) is 2.26. The Bertz CT molecular complexity index is 305. The summed E-state index contributed by atoms with van der Waals surface area (Å²) >= 11 is 3.38. The van der Waals surface area contributed by atoms with Crippen LogP contribution in [0.3, 0.4) is 0 Å². The normalized spacial score (nSPS) is 14.9. The summed E-state index contributed by atoms with van der Waals surface area (Å²) in [7, 11) is 0. The van der Waals surface area contributed by atoms with Gasteiger partial charge in [-0.15, -0.1) is 0 Å². The summed E-state index contributed by atoms with van der Waals surface area (Å²) in [6.45, 7) is 2.66. The number of hydrogen-bond acceptors (Lipinski definition) is 3. The standard InChI is InChI=1S/C11H17BrN2O/c1-2-11(7-13,8-15)4-9-3-10(12)6-14-5-9/h3,5-6,15H,2,4,7-8,13H2,1H3. The Hall–Kier alpha value is -0.450. The Balaban J connectivity index is 2.82. The molecule has 1 atom stereocenters. The predicted molar refractivity (Wildman–Crippen MR) is 64.5 cm³/mol. The van der Waals surface area contributed by atoms with Crippen molar-refractivity contribution in [2.24, 2.45) is 11.1 Å². The molecule has 15 heavy (non-hydrogen) atoms. The van der Waals surface area contributed by atoms with Crippen LogP contribution in [0.5, 0.6) is 0 Å². The van der Waals surface area contributed by atoms with Crippen LogP contribution in [0.1, 0.15) is 18.9 Å². The second-order valence-corrected chi connectivity index (χ2v) is 4.82. The molecular weight excluding hydrogens is 256 g/mol. The highest BCUT2D eigenvalue weighted by molar-refractivity contribution is 9.10. The van der Waals surface area contributed by atoms with Crippen molar-refractivity contribution in [3.8, 4) is 0 Å². The van der Waals surface area contributed by atoms with Crippen molar-refractivity contribution in [1.29, 1.82) is 0 Å². The second-order valence-electron chi connectivity index (χ2n) is 3.90. The minimum Gasteiger partial charge on any atom is -0.396 e. The van der Waals surface area contributed by atoms with Crippen molar-refractivity contribution in [3.63, 3.8) is 0 Å². The van der Waals surface area contributed by atoms with Crippen LogP contribution in [0.25, 0.3) is 0 Å². The van der Waals surface area contributed by atoms with Crippen LogP contribution < -0.4 is 5.73 Å². The molecule has 0 spiro atoms. The highest BCUT2D eigenvalue weighted by Gasteiger charge is 2.26. The van der Waals surface area contributed by atoms with Crippen molar-refractivity contribution in [1.82, 2.24) is 4.98 Å². The van der Waals surface area contributed by atoms with Crippen LogP contribution in [0.4, 0.5) is 0 Å². The lowest BCUT2D eigenvalue weighted by atomic mass is 9.80. The minimum absolute atomic E-state index is 0.118. The Labute approximate surface area is 98.8 Å². The summed E-state index contributed by atoms with van der Waals surface area (Å²) in [5, 5.41) is 9.40. The second kappa shape index (κ2) is 5.58. The van der Waals surface area contributed by atoms with Gasteiger partial charge in [-0.1, -0.05) is 6.92 Å². The Morgan fingerprint density at radius 2 is 2.27 bits per heavy atom. The molecule has 3 N–H and O–H groups in total. The first-order valence-electron chi connectivity index (χ1n) is 5.06. The lowest BCUT2D eigenvalue weighted by molar-refractivity contribution is 0.127. The first-order valence-corrected chi connectivity index (χ1v) is 5.85. The van der Waals surface area contributed by atoms with E-state index in [-0.39, 0.29) is 12.0 Å². The van der Waals surface area contributed by atoms with Gasteiger partial charge < -0.3 is 10.8 Å². The molecule has 1 heterocycles. The number of nitrogens with zero attached hydrogens (tertiary/aromatic N) is 1. The molecule has 84 valence electrons. The third kappa shape index (κ3) is 3.26. The van der Waals surface area contributed by atoms with Gasteiger partial charge in [0.15, 0.2) is 0 Å². The third-order valence-electron chi connectivity index (χ3n) is 2.86. The fourth-order valence-corrected chi connectivity index (χ4v) is 1.97. The fourth-order valence-electron chi connectivity index (χ4n) is 1.56. The number of aliphatic hydroxyl groups is 1. The van der Waals surface area contributed by atoms with Crippen molar-refractivity contribution >= 4 is 15.9 Å². The largest absolute Gasteiger partial charge is 0.396 e. The Kier molecular flexibility index (Phi) is 4.70. The number of halogens is 1. The zero-order valence-corrected chi connectivity index (χ0v) is 10.5. The van der Waals surface area contributed by atoms with Gasteiger partial charge in [0.2, 0.25) is 0 Å². The van der Waals surface area contributed by atoms with Gasteiger partial charge in [0, 0.05) is 28.8 Å². The van der Waals surface area contributed by atoms with E-state index in [4.69, 9.17) is 5.73 Å². The molecule has 0 radical (unpaired) electrons. The fraction of sp³-hybridized carbons (Fsp3) is 0.545. The van der Waals surface area contributed by atoms with Crippen molar-refractivity contribution < 1.29 is 5.11 Å². The molecule has 1 aromatic rings. The van der Waals surface area contributed by atoms with Crippen molar-refractivity contribution in [3.05, 3.63) is 28.5 Å². The van der Waals surface area contributed by atoms with Gasteiger partial charge in [-0.3, -0.25) is 4.98 Å². The molecule has 0 saturated carbocycles. The van der Waals surface area contributed by atoms with Gasteiger partial charge >= 0.3 is 0 Å². The van der Waals surface area contributed by atoms with E-state index in [1.807, 2.05) is 12.3 Å². The first-order chi connectivity index (χ1) is 7.15. The molecule has 3 nitrogen and oxygen atoms in total. The van der Waals surface area contributed by atoms with Gasteiger partial charge in [0.25, 0.3) is 0 Å². The predicted octanol–water partition coefficient (Wildman–Crippen LogP) is 1.73. The van der Waals surface area contributed by atoms with E-state index >= 15 is 0 Å². The zero-order chi connectivity index (χ0) is 11.3. The van der Waals surface area contributed by atoms with Crippen LogP contribution in [0.2, 0.25) is 0 Å². The molecule has 4 heteroatoms. The Morgan fingerprint density at radius 3 is 2.73 bits per heavy atom. The van der Waals surface area contributed by atoms with E-state index in [1.165, 1.54) is 0 Å². The maximum atomic E-state index is 9.40. The number of nitrogens with two attached hydrogens (primary N) is 1. The lowest BCUT2D eigenvalue weighted by Crippen LogP contribution is -2.35. The first kappa shape index (κ1) is 12.6. The molecule has 0 bridgehead atoms. The van der Waals surface area contributed by atoms with E-state index in [0.717, 1.165) is 22.9 Å². The zero-order valence-electron chi connectivity index (χ0n) is 8.91. The van der Waals surface area contributed by atoms with Gasteiger partial charge in [0.05, 0.1) is 6.61 Å². The maximum absolute atomic E-state index is 9.40. The minimum atomic E-state index is -0.206. The quantitative estimate of drug-likeness (QED) is 0.859. The van der Waals surface area contributed by atoms with Gasteiger partial charge in [-0.25, -0.2) is 0 Å². The summed E-state index contributed by atoms with van der Waals surface area (Å²) in [5.41, 5.74) is 6.62. The molecule has 0 amide bonds. The van der Waals surface area contributed by atoms with E-state index in [9.17, 15) is 5.11 Å². The summed E-state index contributed by atoms with van der Waals surface area (Å²) < 4.78 is 0.958. The number of pyridine rings is 1. The van der Waals surface area contributed by atoms with E-state index in [0.29, 0.717) is 6.54 Å². The van der Waals surface area contributed by atoms with Crippen LogP contribution in [-0.2, 0) is 6.42 Å². The molecule has 0 saturated heterocycles. The van der Waals surface area contributed by atoms with Crippen LogP contribution in [0.15, 0.2) is 22.9 Å². The Morgan fingerprint density at radius 1 is 1.53 bits per heavy atom. The summed E-state index contributed by atoms with van der Waals surface area (Å²) in [4.78, 5) is 4.10. The molecule has 0 fully saturated rings. The molecule has 1 unspecified atom stereocenters. The molecular formula is C11H17BrN2O. The van der Waals surface area contributed by atoms with Gasteiger partial charge in [-0.05, 0) is 40.4 Å². The summed E-state index contributed by atoms with van der Waals surface area (Å²) in [6, 6.07) is 2.02. The van der Waals surface area contributed by atoms with E-state index < -0.39 is 0 Å². The molecule has 1 rings (SSSR count). The molecule has 0 aliphatic rings. The smallest absolute Gasteiger partial charge is 0.0502 e. The third-order valence-corrected chi connectivity index (χ3v) is 3.29. The molecule has 0 aliphatic carbocycles. The van der Waals surface area contributed by atoms with Gasteiger partial charge in [0.1, 0.15) is 0 Å². The number of aliphatic hydroxyl groups excluding tert-OH is 1.